The molecule has 1 aliphatic carbocycles. The number of unbranched alkanes of at least 4 members (excludes halogenated alkanes) is 1. The van der Waals surface area contributed by atoms with E-state index < -0.39 is 0 Å². The molecular formula is C25H31N. The van der Waals surface area contributed by atoms with E-state index in [4.69, 9.17) is 5.26 Å². The van der Waals surface area contributed by atoms with E-state index in [1.54, 1.807) is 0 Å². The molecule has 1 saturated carbocycles. The first kappa shape index (κ1) is 18.7. The van der Waals surface area contributed by atoms with Crippen LogP contribution in [0.3, 0.4) is 0 Å². The molecule has 0 aromatic heterocycles. The molecule has 1 aliphatic rings. The monoisotopic (exact) mass is 345 g/mol. The lowest BCUT2D eigenvalue weighted by Crippen LogP contribution is -2.12. The van der Waals surface area contributed by atoms with Gasteiger partial charge in [-0.1, -0.05) is 63.1 Å². The summed E-state index contributed by atoms with van der Waals surface area (Å²) in [5.41, 5.74) is 5.18. The summed E-state index contributed by atoms with van der Waals surface area (Å²) in [4.78, 5) is 0. The molecule has 3 rings (SSSR count). The topological polar surface area (TPSA) is 23.8 Å². The Labute approximate surface area is 159 Å². The number of hydrogen-bond acceptors (Lipinski definition) is 1. The molecule has 1 fully saturated rings. The average molecular weight is 346 g/mol. The summed E-state index contributed by atoms with van der Waals surface area (Å²) >= 11 is 0. The van der Waals surface area contributed by atoms with E-state index in [1.807, 2.05) is 12.1 Å². The van der Waals surface area contributed by atoms with Gasteiger partial charge >= 0.3 is 0 Å². The summed E-state index contributed by atoms with van der Waals surface area (Å²) in [5.74, 6) is 2.05. The summed E-state index contributed by atoms with van der Waals surface area (Å²) in [6.45, 7) is 4.62. The Hall–Kier alpha value is -2.07. The summed E-state index contributed by atoms with van der Waals surface area (Å²) < 4.78 is 0. The minimum atomic E-state index is 0.660. The molecule has 0 radical (unpaired) electrons. The van der Waals surface area contributed by atoms with E-state index in [-0.39, 0.29) is 0 Å². The largest absolute Gasteiger partial charge is 0.192 e. The lowest BCUT2D eigenvalue weighted by Gasteiger charge is -2.29. The lowest BCUT2D eigenvalue weighted by atomic mass is 9.76. The quantitative estimate of drug-likeness (QED) is 0.539. The predicted octanol–water partition coefficient (Wildman–Crippen LogP) is 7.29. The van der Waals surface area contributed by atoms with Gasteiger partial charge in [0.2, 0.25) is 0 Å². The zero-order valence-corrected chi connectivity index (χ0v) is 16.2. The van der Waals surface area contributed by atoms with Crippen molar-refractivity contribution in [3.05, 3.63) is 70.8 Å². The van der Waals surface area contributed by atoms with Crippen molar-refractivity contribution in [2.24, 2.45) is 0 Å². The van der Waals surface area contributed by atoms with Crippen LogP contribution in [0.1, 0.15) is 98.8 Å². The molecule has 1 atom stereocenters. The van der Waals surface area contributed by atoms with E-state index in [0.717, 1.165) is 5.56 Å². The fourth-order valence-corrected chi connectivity index (χ4v) is 4.36. The number of nitriles is 1. The third-order valence-corrected chi connectivity index (χ3v) is 6.21. The maximum Gasteiger partial charge on any atom is 0.0991 e. The normalized spacial score (nSPS) is 21.1. The second kappa shape index (κ2) is 9.04. The Balaban J connectivity index is 1.56. The van der Waals surface area contributed by atoms with Gasteiger partial charge in [0, 0.05) is 0 Å². The Morgan fingerprint density at radius 2 is 1.38 bits per heavy atom. The Morgan fingerprint density at radius 1 is 0.885 bits per heavy atom. The molecule has 0 heterocycles. The van der Waals surface area contributed by atoms with E-state index in [2.05, 4.69) is 56.3 Å². The fraction of sp³-hybridized carbons (Fsp3) is 0.480. The molecule has 136 valence electrons. The van der Waals surface area contributed by atoms with Gasteiger partial charge in [-0.2, -0.15) is 5.26 Å². The third-order valence-electron chi connectivity index (χ3n) is 6.21. The van der Waals surface area contributed by atoms with Crippen LogP contribution < -0.4 is 0 Å². The van der Waals surface area contributed by atoms with Gasteiger partial charge < -0.3 is 0 Å². The molecule has 0 saturated heterocycles. The minimum Gasteiger partial charge on any atom is -0.192 e. The van der Waals surface area contributed by atoms with Crippen LogP contribution in [0.5, 0.6) is 0 Å². The molecule has 2 aromatic rings. The van der Waals surface area contributed by atoms with E-state index in [0.29, 0.717) is 17.8 Å². The maximum absolute atomic E-state index is 8.95. The van der Waals surface area contributed by atoms with Crippen LogP contribution in [0.15, 0.2) is 48.5 Å². The van der Waals surface area contributed by atoms with Crippen molar-refractivity contribution in [1.82, 2.24) is 0 Å². The van der Waals surface area contributed by atoms with E-state index in [1.165, 1.54) is 61.6 Å². The average Bonchev–Trinajstić information content (AvgIpc) is 2.72. The SMILES string of the molecule is CCCCC(C)c1ccc(C2CCC(c3ccc(C#N)cc3)CC2)cc1. The number of hydrogen-bond donors (Lipinski definition) is 0. The molecule has 1 unspecified atom stereocenters. The van der Waals surface area contributed by atoms with Crippen molar-refractivity contribution in [2.45, 2.75) is 76.5 Å². The number of nitrogens with zero attached hydrogens (tertiary/aromatic N) is 1. The van der Waals surface area contributed by atoms with Crippen LogP contribution in [-0.4, -0.2) is 0 Å². The van der Waals surface area contributed by atoms with Crippen LogP contribution in [0.25, 0.3) is 0 Å². The summed E-state index contributed by atoms with van der Waals surface area (Å²) in [6, 6.07) is 19.9. The van der Waals surface area contributed by atoms with E-state index in [9.17, 15) is 0 Å². The number of rotatable bonds is 6. The van der Waals surface area contributed by atoms with Crippen molar-refractivity contribution in [3.8, 4) is 6.07 Å². The highest BCUT2D eigenvalue weighted by Crippen LogP contribution is 2.40. The lowest BCUT2D eigenvalue weighted by molar-refractivity contribution is 0.396. The van der Waals surface area contributed by atoms with Gasteiger partial charge in [-0.15, -0.1) is 0 Å². The minimum absolute atomic E-state index is 0.660. The van der Waals surface area contributed by atoms with Crippen molar-refractivity contribution in [1.29, 1.82) is 5.26 Å². The first-order chi connectivity index (χ1) is 12.7. The second-order valence-electron chi connectivity index (χ2n) is 7.99. The Kier molecular flexibility index (Phi) is 6.51. The molecule has 0 bridgehead atoms. The zero-order chi connectivity index (χ0) is 18.4. The van der Waals surface area contributed by atoms with Crippen LogP contribution in [0, 0.1) is 11.3 Å². The first-order valence-electron chi connectivity index (χ1n) is 10.3. The van der Waals surface area contributed by atoms with Crippen molar-refractivity contribution in [3.63, 3.8) is 0 Å². The van der Waals surface area contributed by atoms with Crippen LogP contribution in [0.2, 0.25) is 0 Å². The molecule has 2 aromatic carbocycles. The smallest absolute Gasteiger partial charge is 0.0991 e. The molecule has 1 nitrogen and oxygen atoms in total. The van der Waals surface area contributed by atoms with E-state index >= 15 is 0 Å². The molecule has 1 heteroatoms. The van der Waals surface area contributed by atoms with Gasteiger partial charge in [-0.3, -0.25) is 0 Å². The maximum atomic E-state index is 8.95. The highest BCUT2D eigenvalue weighted by Gasteiger charge is 2.23. The van der Waals surface area contributed by atoms with Crippen molar-refractivity contribution < 1.29 is 0 Å². The highest BCUT2D eigenvalue weighted by atomic mass is 14.3. The standard InChI is InChI=1S/C25H31N/c1-3-4-5-19(2)21-10-12-23(13-11-21)25-16-14-24(15-17-25)22-8-6-20(18-26)7-9-22/h6-13,19,24-25H,3-5,14-17H2,1-2H3. The molecule has 0 N–H and O–H groups in total. The molecule has 0 aliphatic heterocycles. The predicted molar refractivity (Wildman–Crippen MR) is 109 cm³/mol. The van der Waals surface area contributed by atoms with Gasteiger partial charge in [-0.05, 0) is 78.7 Å². The summed E-state index contributed by atoms with van der Waals surface area (Å²) in [6.07, 6.45) is 8.96. The first-order valence-corrected chi connectivity index (χ1v) is 10.3. The highest BCUT2D eigenvalue weighted by molar-refractivity contribution is 5.34. The summed E-state index contributed by atoms with van der Waals surface area (Å²) in [5, 5.41) is 8.95. The molecule has 0 spiro atoms. The summed E-state index contributed by atoms with van der Waals surface area (Å²) in [7, 11) is 0. The fourth-order valence-electron chi connectivity index (χ4n) is 4.36. The van der Waals surface area contributed by atoms with Crippen molar-refractivity contribution in [2.75, 3.05) is 0 Å². The third kappa shape index (κ3) is 4.55. The van der Waals surface area contributed by atoms with Crippen molar-refractivity contribution >= 4 is 0 Å². The zero-order valence-electron chi connectivity index (χ0n) is 16.2. The van der Waals surface area contributed by atoms with Crippen LogP contribution >= 0.6 is 0 Å². The molecular weight excluding hydrogens is 314 g/mol. The van der Waals surface area contributed by atoms with Gasteiger partial charge in [-0.25, -0.2) is 0 Å². The van der Waals surface area contributed by atoms with Gasteiger partial charge in [0.15, 0.2) is 0 Å². The Bertz CT molecular complexity index is 712. The van der Waals surface area contributed by atoms with Gasteiger partial charge in [0.1, 0.15) is 0 Å². The second-order valence-corrected chi connectivity index (χ2v) is 7.99. The molecule has 0 amide bonds. The Morgan fingerprint density at radius 3 is 1.85 bits per heavy atom. The van der Waals surface area contributed by atoms with Crippen LogP contribution in [-0.2, 0) is 0 Å². The van der Waals surface area contributed by atoms with Gasteiger partial charge in [0.05, 0.1) is 11.6 Å². The van der Waals surface area contributed by atoms with Gasteiger partial charge in [0.25, 0.3) is 0 Å². The number of benzene rings is 2. The molecule has 26 heavy (non-hydrogen) atoms. The van der Waals surface area contributed by atoms with Crippen LogP contribution in [0.4, 0.5) is 0 Å².